The zero-order chi connectivity index (χ0) is 10.6. The molecule has 0 amide bonds. The molecule has 1 saturated carbocycles. The Morgan fingerprint density at radius 3 is 2.43 bits per heavy atom. The Morgan fingerprint density at radius 1 is 1.43 bits per heavy atom. The molecule has 2 N–H and O–H groups in total. The highest BCUT2D eigenvalue weighted by Gasteiger charge is 2.39. The van der Waals surface area contributed by atoms with Crippen molar-refractivity contribution in [2.45, 2.75) is 58.1 Å². The van der Waals surface area contributed by atoms with E-state index in [1.165, 1.54) is 18.4 Å². The van der Waals surface area contributed by atoms with Gasteiger partial charge in [-0.2, -0.15) is 0 Å². The van der Waals surface area contributed by atoms with Crippen molar-refractivity contribution in [2.75, 3.05) is 6.61 Å². The highest BCUT2D eigenvalue weighted by atomic mass is 16.5. The van der Waals surface area contributed by atoms with Crippen molar-refractivity contribution in [3.05, 3.63) is 11.6 Å². The van der Waals surface area contributed by atoms with Gasteiger partial charge >= 0.3 is 0 Å². The maximum absolute atomic E-state index is 6.20. The summed E-state index contributed by atoms with van der Waals surface area (Å²) in [7, 11) is 0. The molecule has 0 aliphatic heterocycles. The average Bonchev–Trinajstić information content (AvgIpc) is 2.53. The molecule has 1 aliphatic carbocycles. The van der Waals surface area contributed by atoms with E-state index >= 15 is 0 Å². The molecule has 2 nitrogen and oxygen atoms in total. The van der Waals surface area contributed by atoms with E-state index in [0.717, 1.165) is 19.4 Å². The van der Waals surface area contributed by atoms with Crippen molar-refractivity contribution in [2.24, 2.45) is 5.73 Å². The van der Waals surface area contributed by atoms with Gasteiger partial charge in [-0.3, -0.25) is 0 Å². The summed E-state index contributed by atoms with van der Waals surface area (Å²) in [5.74, 6) is 0. The molecule has 0 aromatic carbocycles. The second-order valence-electron chi connectivity index (χ2n) is 4.47. The molecule has 82 valence electrons. The summed E-state index contributed by atoms with van der Waals surface area (Å²) in [6.07, 6.45) is 6.88. The van der Waals surface area contributed by atoms with Crippen molar-refractivity contribution in [3.8, 4) is 0 Å². The third kappa shape index (κ3) is 2.58. The fourth-order valence-corrected chi connectivity index (χ4v) is 2.35. The minimum absolute atomic E-state index is 0.0635. The lowest BCUT2D eigenvalue weighted by Gasteiger charge is -2.33. The second-order valence-corrected chi connectivity index (χ2v) is 4.47. The van der Waals surface area contributed by atoms with Crippen LogP contribution >= 0.6 is 0 Å². The van der Waals surface area contributed by atoms with Crippen LogP contribution in [0.5, 0.6) is 0 Å². The van der Waals surface area contributed by atoms with Gasteiger partial charge in [-0.25, -0.2) is 0 Å². The lowest BCUT2D eigenvalue weighted by molar-refractivity contribution is -0.0427. The summed E-state index contributed by atoms with van der Waals surface area (Å²) in [5, 5.41) is 0. The maximum atomic E-state index is 6.20. The van der Waals surface area contributed by atoms with Crippen LogP contribution in [0.4, 0.5) is 0 Å². The monoisotopic (exact) mass is 197 g/mol. The minimum Gasteiger partial charge on any atom is -0.373 e. The number of ether oxygens (including phenoxy) is 1. The van der Waals surface area contributed by atoms with Crippen molar-refractivity contribution in [1.82, 2.24) is 0 Å². The first-order valence-corrected chi connectivity index (χ1v) is 5.65. The molecule has 1 aliphatic rings. The smallest absolute Gasteiger partial charge is 0.0868 e. The number of allylic oxidation sites excluding steroid dienone is 1. The van der Waals surface area contributed by atoms with Crippen molar-refractivity contribution >= 4 is 0 Å². The van der Waals surface area contributed by atoms with Gasteiger partial charge in [-0.15, -0.1) is 0 Å². The van der Waals surface area contributed by atoms with Crippen LogP contribution in [0.25, 0.3) is 0 Å². The van der Waals surface area contributed by atoms with E-state index in [2.05, 4.69) is 26.8 Å². The predicted molar refractivity (Wildman–Crippen MR) is 60.2 cm³/mol. The van der Waals surface area contributed by atoms with Crippen LogP contribution in [0.2, 0.25) is 0 Å². The number of rotatable bonds is 4. The molecule has 1 unspecified atom stereocenters. The summed E-state index contributed by atoms with van der Waals surface area (Å²) < 4.78 is 5.88. The van der Waals surface area contributed by atoms with Crippen LogP contribution in [0.3, 0.4) is 0 Å². The Balaban J connectivity index is 2.71. The Hall–Kier alpha value is -0.340. The molecule has 0 aromatic heterocycles. The molecule has 1 rings (SSSR count). The van der Waals surface area contributed by atoms with Crippen molar-refractivity contribution in [3.63, 3.8) is 0 Å². The second kappa shape index (κ2) is 4.94. The fourth-order valence-electron chi connectivity index (χ4n) is 2.35. The fraction of sp³-hybridized carbons (Fsp3) is 0.833. The molecule has 0 saturated heterocycles. The Kier molecular flexibility index (Phi) is 4.14. The molecule has 0 bridgehead atoms. The lowest BCUT2D eigenvalue weighted by atomic mass is 9.91. The third-order valence-corrected chi connectivity index (χ3v) is 3.00. The van der Waals surface area contributed by atoms with Gasteiger partial charge in [-0.1, -0.05) is 24.5 Å². The zero-order valence-electron chi connectivity index (χ0n) is 9.68. The molecule has 0 spiro atoms. The molecule has 1 atom stereocenters. The highest BCUT2D eigenvalue weighted by Crippen LogP contribution is 2.36. The quantitative estimate of drug-likeness (QED) is 0.703. The van der Waals surface area contributed by atoms with E-state index in [0.29, 0.717) is 0 Å². The lowest BCUT2D eigenvalue weighted by Crippen LogP contribution is -2.47. The third-order valence-electron chi connectivity index (χ3n) is 3.00. The van der Waals surface area contributed by atoms with E-state index in [4.69, 9.17) is 10.5 Å². The normalized spacial score (nSPS) is 22.0. The highest BCUT2D eigenvalue weighted by molar-refractivity contribution is 5.10. The van der Waals surface area contributed by atoms with E-state index < -0.39 is 0 Å². The minimum atomic E-state index is -0.0635. The number of hydrogen-bond donors (Lipinski definition) is 1. The number of nitrogens with two attached hydrogens (primary N) is 1. The summed E-state index contributed by atoms with van der Waals surface area (Å²) in [4.78, 5) is 0. The predicted octanol–water partition coefficient (Wildman–Crippen LogP) is 2.63. The molecule has 14 heavy (non-hydrogen) atoms. The summed E-state index contributed by atoms with van der Waals surface area (Å²) in [5.41, 5.74) is 7.42. The molecular weight excluding hydrogens is 174 g/mol. The molecule has 0 heterocycles. The van der Waals surface area contributed by atoms with Crippen LogP contribution in [-0.4, -0.2) is 18.2 Å². The molecular formula is C12H23NO. The van der Waals surface area contributed by atoms with Gasteiger partial charge in [0.05, 0.1) is 11.6 Å². The van der Waals surface area contributed by atoms with Gasteiger partial charge in [0.15, 0.2) is 0 Å². The van der Waals surface area contributed by atoms with E-state index in [9.17, 15) is 0 Å². The Bertz CT molecular complexity index is 200. The Morgan fingerprint density at radius 2 is 2.00 bits per heavy atom. The summed E-state index contributed by atoms with van der Waals surface area (Å²) >= 11 is 0. The first-order chi connectivity index (χ1) is 6.60. The van der Waals surface area contributed by atoms with Crippen LogP contribution in [0.15, 0.2) is 11.6 Å². The Labute approximate surface area is 87.5 Å². The van der Waals surface area contributed by atoms with E-state index in [1.807, 2.05) is 0 Å². The summed E-state index contributed by atoms with van der Waals surface area (Å²) in [6, 6.07) is 0.0648. The van der Waals surface area contributed by atoms with E-state index in [1.54, 1.807) is 0 Å². The molecule has 1 fully saturated rings. The molecule has 0 aromatic rings. The number of hydrogen-bond acceptors (Lipinski definition) is 2. The van der Waals surface area contributed by atoms with Gasteiger partial charge in [0.2, 0.25) is 0 Å². The molecule has 2 heteroatoms. The SMILES string of the molecule is CCOC1(C(N)C=C(C)C)CCCC1. The first kappa shape index (κ1) is 11.7. The topological polar surface area (TPSA) is 35.2 Å². The van der Waals surface area contributed by atoms with E-state index in [-0.39, 0.29) is 11.6 Å². The van der Waals surface area contributed by atoms with Gasteiger partial charge in [-0.05, 0) is 33.6 Å². The van der Waals surface area contributed by atoms with Crippen molar-refractivity contribution < 1.29 is 4.74 Å². The molecule has 0 radical (unpaired) electrons. The first-order valence-electron chi connectivity index (χ1n) is 5.65. The standard InChI is InChI=1S/C12H23NO/c1-4-14-12(7-5-6-8-12)11(13)9-10(2)3/h9,11H,4-8,13H2,1-3H3. The van der Waals surface area contributed by atoms with Crippen molar-refractivity contribution in [1.29, 1.82) is 0 Å². The summed E-state index contributed by atoms with van der Waals surface area (Å²) in [6.45, 7) is 7.00. The zero-order valence-corrected chi connectivity index (χ0v) is 9.68. The largest absolute Gasteiger partial charge is 0.373 e. The van der Waals surface area contributed by atoms with Gasteiger partial charge in [0.25, 0.3) is 0 Å². The van der Waals surface area contributed by atoms with Crippen LogP contribution in [-0.2, 0) is 4.74 Å². The van der Waals surface area contributed by atoms with Crippen LogP contribution < -0.4 is 5.73 Å². The average molecular weight is 197 g/mol. The van der Waals surface area contributed by atoms with Crippen LogP contribution in [0, 0.1) is 0 Å². The van der Waals surface area contributed by atoms with Crippen LogP contribution in [0.1, 0.15) is 46.5 Å². The van der Waals surface area contributed by atoms with Gasteiger partial charge in [0.1, 0.15) is 0 Å². The maximum Gasteiger partial charge on any atom is 0.0868 e. The van der Waals surface area contributed by atoms with Gasteiger partial charge < -0.3 is 10.5 Å². The van der Waals surface area contributed by atoms with Gasteiger partial charge in [0, 0.05) is 6.61 Å².